The van der Waals surface area contributed by atoms with Crippen molar-refractivity contribution in [2.75, 3.05) is 33.0 Å². The number of esters is 1. The van der Waals surface area contributed by atoms with Crippen LogP contribution in [0.3, 0.4) is 0 Å². The minimum absolute atomic E-state index is 0.0962. The maximum Gasteiger partial charge on any atom is 0.472 e. The van der Waals surface area contributed by atoms with Crippen LogP contribution in [0.5, 0.6) is 0 Å². The Morgan fingerprint density at radius 1 is 0.569 bits per heavy atom. The molecule has 0 saturated carbocycles. The quantitative estimate of drug-likeness (QED) is 0.0275. The highest BCUT2D eigenvalue weighted by Crippen LogP contribution is 2.43. The SMILES string of the molecule is CCCCCCC/C=C\CCCCCCCCOCC(COP(=O)(O)OCCN)OC(=O)CCCCCCCCC/C=C\CCCCCCCC. The number of unbranched alkanes of at least 4 members (excludes halogenated alkanes) is 24. The Bertz CT molecular complexity index is 838. The minimum atomic E-state index is -4.27. The Morgan fingerprint density at radius 3 is 1.43 bits per heavy atom. The van der Waals surface area contributed by atoms with Gasteiger partial charge in [0.15, 0.2) is 0 Å². The van der Waals surface area contributed by atoms with Gasteiger partial charge in [0, 0.05) is 19.6 Å². The van der Waals surface area contributed by atoms with Gasteiger partial charge >= 0.3 is 13.8 Å². The van der Waals surface area contributed by atoms with E-state index >= 15 is 0 Å². The number of nitrogens with two attached hydrogens (primary N) is 1. The van der Waals surface area contributed by atoms with Gasteiger partial charge in [0.25, 0.3) is 0 Å². The van der Waals surface area contributed by atoms with Crippen LogP contribution in [0.25, 0.3) is 0 Å². The summed E-state index contributed by atoms with van der Waals surface area (Å²) >= 11 is 0. The Labute approximate surface area is 315 Å². The van der Waals surface area contributed by atoms with E-state index in [0.29, 0.717) is 13.0 Å². The van der Waals surface area contributed by atoms with Gasteiger partial charge in [-0.15, -0.1) is 0 Å². The molecule has 0 rings (SSSR count). The van der Waals surface area contributed by atoms with Gasteiger partial charge in [0.1, 0.15) is 6.10 Å². The maximum atomic E-state index is 12.6. The predicted octanol–water partition coefficient (Wildman–Crippen LogP) is 12.5. The first kappa shape index (κ1) is 50.0. The largest absolute Gasteiger partial charge is 0.472 e. The molecule has 0 aliphatic rings. The second-order valence-electron chi connectivity index (χ2n) is 14.2. The molecule has 0 aromatic heterocycles. The van der Waals surface area contributed by atoms with Crippen LogP contribution >= 0.6 is 7.82 Å². The number of phosphoric ester groups is 1. The molecule has 302 valence electrons. The second kappa shape index (κ2) is 40.2. The van der Waals surface area contributed by atoms with Gasteiger partial charge in [-0.1, -0.05) is 154 Å². The summed E-state index contributed by atoms with van der Waals surface area (Å²) in [5, 5.41) is 0. The summed E-state index contributed by atoms with van der Waals surface area (Å²) in [5.41, 5.74) is 5.36. The van der Waals surface area contributed by atoms with Crippen LogP contribution < -0.4 is 5.73 Å². The van der Waals surface area contributed by atoms with E-state index in [1.54, 1.807) is 0 Å². The summed E-state index contributed by atoms with van der Waals surface area (Å²) in [6.45, 7) is 4.91. The van der Waals surface area contributed by atoms with Crippen molar-refractivity contribution in [3.05, 3.63) is 24.3 Å². The average Bonchev–Trinajstić information content (AvgIpc) is 3.12. The van der Waals surface area contributed by atoms with Gasteiger partial charge < -0.3 is 20.1 Å². The fraction of sp³-hybridized carbons (Fsp3) is 0.881. The van der Waals surface area contributed by atoms with Crippen LogP contribution in [-0.4, -0.2) is 49.9 Å². The standard InChI is InChI=1S/C42H82NO7P/c1-3-5-7-9-11-13-15-17-19-20-21-23-25-27-29-31-33-35-42(44)50-41(40-49-51(45,46)48-38-36-43)39-47-37-34-32-30-28-26-24-22-18-16-14-12-10-8-6-4-2/h16-19,41H,3-15,20-40,43H2,1-2H3,(H,45,46)/b18-16-,19-17-. The zero-order valence-electron chi connectivity index (χ0n) is 33.3. The smallest absolute Gasteiger partial charge is 0.457 e. The van der Waals surface area contributed by atoms with E-state index in [0.717, 1.165) is 32.1 Å². The van der Waals surface area contributed by atoms with E-state index in [1.165, 1.54) is 148 Å². The maximum absolute atomic E-state index is 12.6. The van der Waals surface area contributed by atoms with Gasteiger partial charge in [0.2, 0.25) is 0 Å². The number of hydrogen-bond acceptors (Lipinski definition) is 7. The minimum Gasteiger partial charge on any atom is -0.457 e. The lowest BCUT2D eigenvalue weighted by molar-refractivity contribution is -0.154. The molecule has 0 aliphatic carbocycles. The molecule has 8 nitrogen and oxygen atoms in total. The van der Waals surface area contributed by atoms with Crippen LogP contribution in [0.1, 0.15) is 200 Å². The van der Waals surface area contributed by atoms with Gasteiger partial charge in [-0.25, -0.2) is 4.57 Å². The molecule has 0 aromatic rings. The second-order valence-corrected chi connectivity index (χ2v) is 15.7. The summed E-state index contributed by atoms with van der Waals surface area (Å²) in [7, 11) is -4.27. The monoisotopic (exact) mass is 744 g/mol. The van der Waals surface area contributed by atoms with Crippen LogP contribution in [0, 0.1) is 0 Å². The van der Waals surface area contributed by atoms with Gasteiger partial charge in [-0.2, -0.15) is 0 Å². The zero-order chi connectivity index (χ0) is 37.4. The van der Waals surface area contributed by atoms with E-state index < -0.39 is 13.9 Å². The number of carbonyl (C=O) groups excluding carboxylic acids is 1. The molecular formula is C42H82NO7P. The Balaban J connectivity index is 4.04. The Kier molecular flexibility index (Phi) is 39.4. The van der Waals surface area contributed by atoms with Crippen molar-refractivity contribution in [3.63, 3.8) is 0 Å². The molecular weight excluding hydrogens is 661 g/mol. The fourth-order valence-corrected chi connectivity index (χ4v) is 6.69. The molecule has 2 atom stereocenters. The van der Waals surface area contributed by atoms with Crippen LogP contribution in [-0.2, 0) is 27.9 Å². The Hall–Kier alpha value is -1.02. The van der Waals surface area contributed by atoms with E-state index in [4.69, 9.17) is 24.3 Å². The number of rotatable bonds is 41. The molecule has 0 heterocycles. The summed E-state index contributed by atoms with van der Waals surface area (Å²) in [6, 6.07) is 0. The molecule has 9 heteroatoms. The molecule has 0 spiro atoms. The third-order valence-electron chi connectivity index (χ3n) is 9.09. The van der Waals surface area contributed by atoms with Crippen LogP contribution in [0.4, 0.5) is 0 Å². The predicted molar refractivity (Wildman–Crippen MR) is 215 cm³/mol. The highest BCUT2D eigenvalue weighted by Gasteiger charge is 2.25. The molecule has 0 aromatic carbocycles. The lowest BCUT2D eigenvalue weighted by Crippen LogP contribution is -2.28. The zero-order valence-corrected chi connectivity index (χ0v) is 34.2. The van der Waals surface area contributed by atoms with Crippen molar-refractivity contribution < 1.29 is 32.8 Å². The van der Waals surface area contributed by atoms with E-state index in [-0.39, 0.29) is 32.3 Å². The van der Waals surface area contributed by atoms with E-state index in [9.17, 15) is 14.3 Å². The highest BCUT2D eigenvalue weighted by atomic mass is 31.2. The molecule has 3 N–H and O–H groups in total. The molecule has 51 heavy (non-hydrogen) atoms. The van der Waals surface area contributed by atoms with Crippen molar-refractivity contribution in [2.45, 2.75) is 206 Å². The Morgan fingerprint density at radius 2 is 0.980 bits per heavy atom. The molecule has 0 saturated heterocycles. The van der Waals surface area contributed by atoms with Crippen LogP contribution in [0.15, 0.2) is 24.3 Å². The van der Waals surface area contributed by atoms with Gasteiger partial charge in [-0.3, -0.25) is 13.8 Å². The van der Waals surface area contributed by atoms with Crippen molar-refractivity contribution in [2.24, 2.45) is 5.73 Å². The van der Waals surface area contributed by atoms with Gasteiger partial charge in [0.05, 0.1) is 19.8 Å². The summed E-state index contributed by atoms with van der Waals surface area (Å²) in [6.07, 6.45) is 43.3. The number of carbonyl (C=O) groups is 1. The molecule has 0 aliphatic heterocycles. The molecule has 0 radical (unpaired) electrons. The van der Waals surface area contributed by atoms with E-state index in [2.05, 4.69) is 38.2 Å². The summed E-state index contributed by atoms with van der Waals surface area (Å²) < 4.78 is 33.4. The molecule has 0 amide bonds. The normalized spacial score (nSPS) is 13.7. The first-order valence-electron chi connectivity index (χ1n) is 21.3. The number of allylic oxidation sites excluding steroid dienone is 4. The van der Waals surface area contributed by atoms with Crippen LogP contribution in [0.2, 0.25) is 0 Å². The first-order valence-corrected chi connectivity index (χ1v) is 22.8. The van der Waals surface area contributed by atoms with Gasteiger partial charge in [-0.05, 0) is 64.2 Å². The summed E-state index contributed by atoms with van der Waals surface area (Å²) in [4.78, 5) is 22.5. The third-order valence-corrected chi connectivity index (χ3v) is 10.1. The lowest BCUT2D eigenvalue weighted by Gasteiger charge is -2.20. The van der Waals surface area contributed by atoms with E-state index in [1.807, 2.05) is 0 Å². The fourth-order valence-electron chi connectivity index (χ4n) is 5.93. The lowest BCUT2D eigenvalue weighted by atomic mass is 10.1. The summed E-state index contributed by atoms with van der Waals surface area (Å²) in [5.74, 6) is -0.336. The average molecular weight is 744 g/mol. The van der Waals surface area contributed by atoms with Crippen molar-refractivity contribution in [3.8, 4) is 0 Å². The van der Waals surface area contributed by atoms with Crippen molar-refractivity contribution in [1.29, 1.82) is 0 Å². The topological polar surface area (TPSA) is 117 Å². The number of hydrogen-bond donors (Lipinski definition) is 2. The number of ether oxygens (including phenoxy) is 2. The third kappa shape index (κ3) is 40.0. The van der Waals surface area contributed by atoms with Crippen molar-refractivity contribution in [1.82, 2.24) is 0 Å². The molecule has 2 unspecified atom stereocenters. The molecule has 0 fully saturated rings. The van der Waals surface area contributed by atoms with Crippen molar-refractivity contribution >= 4 is 13.8 Å². The number of phosphoric acid groups is 1. The first-order chi connectivity index (χ1) is 24.9. The molecule has 0 bridgehead atoms. The highest BCUT2D eigenvalue weighted by molar-refractivity contribution is 7.47.